The summed E-state index contributed by atoms with van der Waals surface area (Å²) in [6.07, 6.45) is -2.49. The lowest BCUT2D eigenvalue weighted by Gasteiger charge is -2.10. The van der Waals surface area contributed by atoms with Crippen molar-refractivity contribution in [2.75, 3.05) is 6.61 Å². The third kappa shape index (κ3) is 4.24. The van der Waals surface area contributed by atoms with E-state index in [9.17, 15) is 22.8 Å². The lowest BCUT2D eigenvalue weighted by Crippen LogP contribution is -2.21. The molecule has 2 heterocycles. The van der Waals surface area contributed by atoms with E-state index >= 15 is 0 Å². The number of aromatic nitrogens is 2. The van der Waals surface area contributed by atoms with Crippen molar-refractivity contribution in [2.45, 2.75) is 19.0 Å². The van der Waals surface area contributed by atoms with Crippen molar-refractivity contribution in [3.8, 4) is 11.6 Å². The van der Waals surface area contributed by atoms with Crippen LogP contribution in [0.4, 0.5) is 13.2 Å². The molecular formula is C17H14ClF3N2O4. The van der Waals surface area contributed by atoms with Gasteiger partial charge in [0.25, 0.3) is 5.56 Å². The topological polar surface area (TPSA) is 81.4 Å². The van der Waals surface area contributed by atoms with Crippen molar-refractivity contribution in [1.82, 2.24) is 9.55 Å². The van der Waals surface area contributed by atoms with Crippen LogP contribution in [0, 0.1) is 11.8 Å². The van der Waals surface area contributed by atoms with Gasteiger partial charge in [-0.05, 0) is 43.0 Å². The molecule has 1 fully saturated rings. The van der Waals surface area contributed by atoms with E-state index in [1.165, 1.54) is 30.5 Å². The number of nitrogens with zero attached hydrogens (tertiary/aromatic N) is 2. The zero-order chi connectivity index (χ0) is 19.8. The molecule has 1 N–H and O–H groups in total. The lowest BCUT2D eigenvalue weighted by atomic mass is 10.2. The smallest absolute Gasteiger partial charge is 0.392 e. The summed E-state index contributed by atoms with van der Waals surface area (Å²) in [6.45, 7) is -0.0113. The average Bonchev–Trinajstić information content (AvgIpc) is 3.36. The number of carboxylic acid groups (broad SMARTS) is 1. The molecule has 27 heavy (non-hydrogen) atoms. The van der Waals surface area contributed by atoms with E-state index in [1.54, 1.807) is 0 Å². The van der Waals surface area contributed by atoms with Gasteiger partial charge in [0.1, 0.15) is 11.0 Å². The zero-order valence-corrected chi connectivity index (χ0v) is 14.5. The quantitative estimate of drug-likeness (QED) is 0.747. The number of hydrogen-bond acceptors (Lipinski definition) is 4. The molecular weight excluding hydrogens is 389 g/mol. The minimum Gasteiger partial charge on any atom is -0.488 e. The van der Waals surface area contributed by atoms with E-state index in [2.05, 4.69) is 4.98 Å². The normalized spacial score (nSPS) is 19.0. The number of carbonyl (C=O) groups is 1. The summed E-state index contributed by atoms with van der Waals surface area (Å²) in [5.74, 6) is -2.95. The Balaban J connectivity index is 1.70. The number of halogens is 4. The van der Waals surface area contributed by atoms with E-state index in [1.807, 2.05) is 0 Å². The maximum atomic E-state index is 12.5. The molecule has 1 saturated carbocycles. The van der Waals surface area contributed by atoms with Crippen LogP contribution in [0.3, 0.4) is 0 Å². The van der Waals surface area contributed by atoms with Crippen molar-refractivity contribution in [1.29, 1.82) is 0 Å². The molecule has 0 aliphatic heterocycles. The van der Waals surface area contributed by atoms with Crippen molar-refractivity contribution >= 4 is 17.6 Å². The highest BCUT2D eigenvalue weighted by atomic mass is 35.5. The van der Waals surface area contributed by atoms with Crippen LogP contribution in [-0.4, -0.2) is 33.4 Å². The van der Waals surface area contributed by atoms with Crippen LogP contribution in [0.1, 0.15) is 23.2 Å². The van der Waals surface area contributed by atoms with Crippen LogP contribution < -0.4 is 10.3 Å². The first-order valence-corrected chi connectivity index (χ1v) is 8.37. The molecule has 2 aromatic heterocycles. The van der Waals surface area contributed by atoms with Crippen molar-refractivity contribution in [3.63, 3.8) is 0 Å². The maximum absolute atomic E-state index is 12.5. The van der Waals surface area contributed by atoms with Gasteiger partial charge in [-0.1, -0.05) is 11.6 Å². The fourth-order valence-corrected chi connectivity index (χ4v) is 3.00. The zero-order valence-electron chi connectivity index (χ0n) is 13.7. The SMILES string of the molecule is O=C(O)c1ccc(-n2cccc(OCCC3CC3C(F)(F)F)c2=O)nc1Cl. The molecule has 2 atom stereocenters. The number of ether oxygens (including phenoxy) is 1. The number of pyridine rings is 2. The molecule has 3 rings (SSSR count). The number of carboxylic acids is 1. The monoisotopic (exact) mass is 402 g/mol. The molecule has 144 valence electrons. The number of alkyl halides is 3. The standard InChI is InChI=1S/C17H14ClF3N2O4/c18-14-10(16(25)26)3-4-13(22-14)23-6-1-2-12(15(23)24)27-7-5-9-8-11(9)17(19,20)21/h1-4,6,9,11H,5,7-8H2,(H,25,26). The number of rotatable bonds is 6. The van der Waals surface area contributed by atoms with E-state index in [-0.39, 0.29) is 41.7 Å². The highest BCUT2D eigenvalue weighted by Gasteiger charge is 2.55. The predicted octanol–water partition coefficient (Wildman–Crippen LogP) is 3.55. The Bertz CT molecular complexity index is 929. The van der Waals surface area contributed by atoms with Gasteiger partial charge in [0.15, 0.2) is 5.75 Å². The van der Waals surface area contributed by atoms with Gasteiger partial charge in [-0.2, -0.15) is 13.2 Å². The summed E-state index contributed by atoms with van der Waals surface area (Å²) in [4.78, 5) is 27.3. The van der Waals surface area contributed by atoms with E-state index in [0.29, 0.717) is 0 Å². The molecule has 0 amide bonds. The third-order valence-corrected chi connectivity index (χ3v) is 4.60. The Hall–Kier alpha value is -2.55. The molecule has 0 spiro atoms. The summed E-state index contributed by atoms with van der Waals surface area (Å²) in [6, 6.07) is 5.45. The molecule has 0 bridgehead atoms. The van der Waals surface area contributed by atoms with Gasteiger partial charge in [0.05, 0.1) is 18.1 Å². The Morgan fingerprint density at radius 1 is 1.37 bits per heavy atom. The molecule has 0 aromatic carbocycles. The highest BCUT2D eigenvalue weighted by molar-refractivity contribution is 6.32. The number of hydrogen-bond donors (Lipinski definition) is 1. The Kier molecular flexibility index (Phi) is 5.14. The first-order valence-electron chi connectivity index (χ1n) is 8.00. The summed E-state index contributed by atoms with van der Waals surface area (Å²) in [7, 11) is 0. The predicted molar refractivity (Wildman–Crippen MR) is 89.6 cm³/mol. The van der Waals surface area contributed by atoms with Gasteiger partial charge in [-0.15, -0.1) is 0 Å². The summed E-state index contributed by atoms with van der Waals surface area (Å²) >= 11 is 5.81. The molecule has 6 nitrogen and oxygen atoms in total. The first-order chi connectivity index (χ1) is 12.7. The second kappa shape index (κ2) is 7.22. The van der Waals surface area contributed by atoms with Crippen LogP contribution in [0.5, 0.6) is 5.75 Å². The largest absolute Gasteiger partial charge is 0.488 e. The van der Waals surface area contributed by atoms with Gasteiger partial charge in [0.2, 0.25) is 0 Å². The fourth-order valence-electron chi connectivity index (χ4n) is 2.77. The maximum Gasteiger partial charge on any atom is 0.392 e. The van der Waals surface area contributed by atoms with E-state index in [4.69, 9.17) is 21.4 Å². The van der Waals surface area contributed by atoms with Crippen LogP contribution >= 0.6 is 11.6 Å². The van der Waals surface area contributed by atoms with E-state index in [0.717, 1.165) is 4.57 Å². The summed E-state index contributed by atoms with van der Waals surface area (Å²) in [5, 5.41) is 8.69. The molecule has 1 aliphatic carbocycles. The van der Waals surface area contributed by atoms with Gasteiger partial charge < -0.3 is 9.84 Å². The average molecular weight is 403 g/mol. The molecule has 1 aliphatic rings. The summed E-state index contributed by atoms with van der Waals surface area (Å²) < 4.78 is 44.0. The van der Waals surface area contributed by atoms with Gasteiger partial charge in [-0.3, -0.25) is 9.36 Å². The molecule has 2 unspecified atom stereocenters. The Morgan fingerprint density at radius 3 is 2.70 bits per heavy atom. The molecule has 2 aromatic rings. The molecule has 0 radical (unpaired) electrons. The van der Waals surface area contributed by atoms with E-state index < -0.39 is 29.5 Å². The van der Waals surface area contributed by atoms with Crippen LogP contribution in [-0.2, 0) is 0 Å². The van der Waals surface area contributed by atoms with Gasteiger partial charge in [-0.25, -0.2) is 9.78 Å². The minimum atomic E-state index is -4.18. The highest BCUT2D eigenvalue weighted by Crippen LogP contribution is 2.51. The Morgan fingerprint density at radius 2 is 2.11 bits per heavy atom. The third-order valence-electron chi connectivity index (χ3n) is 4.31. The lowest BCUT2D eigenvalue weighted by molar-refractivity contribution is -0.151. The fraction of sp³-hybridized carbons (Fsp3) is 0.353. The summed E-state index contributed by atoms with van der Waals surface area (Å²) in [5.41, 5.74) is -0.781. The van der Waals surface area contributed by atoms with Crippen molar-refractivity contribution < 1.29 is 27.8 Å². The second-order valence-corrected chi connectivity index (χ2v) is 6.50. The van der Waals surface area contributed by atoms with Crippen LogP contribution in [0.15, 0.2) is 35.3 Å². The number of aromatic carboxylic acids is 1. The van der Waals surface area contributed by atoms with Crippen LogP contribution in [0.2, 0.25) is 5.15 Å². The minimum absolute atomic E-state index is 0.0113. The Labute approximate surface area is 156 Å². The first kappa shape index (κ1) is 19.2. The van der Waals surface area contributed by atoms with Crippen molar-refractivity contribution in [3.05, 3.63) is 51.5 Å². The van der Waals surface area contributed by atoms with Gasteiger partial charge in [0, 0.05) is 6.20 Å². The molecule has 0 saturated heterocycles. The van der Waals surface area contributed by atoms with Crippen LogP contribution in [0.25, 0.3) is 5.82 Å². The molecule has 10 heteroatoms. The van der Waals surface area contributed by atoms with Gasteiger partial charge >= 0.3 is 12.1 Å². The van der Waals surface area contributed by atoms with Crippen molar-refractivity contribution in [2.24, 2.45) is 11.8 Å². The second-order valence-electron chi connectivity index (χ2n) is 6.14.